The smallest absolute Gasteiger partial charge is 0.343 e. The van der Waals surface area contributed by atoms with E-state index in [0.717, 1.165) is 28.1 Å². The molecule has 1 heterocycles. The summed E-state index contributed by atoms with van der Waals surface area (Å²) in [5.74, 6) is 1.28. The summed E-state index contributed by atoms with van der Waals surface area (Å²) in [6, 6.07) is 16.7. The molecule has 0 unspecified atom stereocenters. The molecule has 0 N–H and O–H groups in total. The first-order valence-corrected chi connectivity index (χ1v) is 12.9. The molecule has 1 aromatic heterocycles. The molecule has 4 rings (SSSR count). The van der Waals surface area contributed by atoms with Gasteiger partial charge in [-0.05, 0) is 60.4 Å². The molecule has 0 saturated heterocycles. The summed E-state index contributed by atoms with van der Waals surface area (Å²) in [6.07, 6.45) is 1.54. The van der Waals surface area contributed by atoms with Gasteiger partial charge >= 0.3 is 5.97 Å². The summed E-state index contributed by atoms with van der Waals surface area (Å²) in [5, 5.41) is 5.07. The van der Waals surface area contributed by atoms with E-state index in [0.29, 0.717) is 28.0 Å². The van der Waals surface area contributed by atoms with Crippen molar-refractivity contribution in [1.82, 2.24) is 9.66 Å². The van der Waals surface area contributed by atoms with Crippen LogP contribution in [0.4, 0.5) is 5.69 Å². The lowest BCUT2D eigenvalue weighted by Gasteiger charge is -2.18. The number of anilines is 1. The topological polar surface area (TPSA) is 95.2 Å². The van der Waals surface area contributed by atoms with Crippen LogP contribution in [-0.2, 0) is 9.53 Å². The number of aryl methyl sites for hydroxylation is 1. The van der Waals surface area contributed by atoms with E-state index in [2.05, 4.69) is 18.9 Å². The summed E-state index contributed by atoms with van der Waals surface area (Å²) in [5.41, 5.74) is 4.39. The van der Waals surface area contributed by atoms with Gasteiger partial charge in [0.05, 0.1) is 31.3 Å². The molecule has 0 bridgehead atoms. The number of nitrogens with zero attached hydrogens (tertiary/aromatic N) is 4. The molecule has 0 amide bonds. The van der Waals surface area contributed by atoms with Crippen LogP contribution < -0.4 is 19.9 Å². The zero-order chi connectivity index (χ0) is 29.0. The number of carbonyl (C=O) groups is 1. The molecule has 9 nitrogen and oxygen atoms in total. The minimum absolute atomic E-state index is 0.183. The maximum atomic E-state index is 13.8. The number of hydrogen-bond donors (Lipinski definition) is 0. The van der Waals surface area contributed by atoms with Gasteiger partial charge in [-0.3, -0.25) is 4.79 Å². The van der Waals surface area contributed by atoms with Crippen LogP contribution in [0, 0.1) is 6.92 Å². The fraction of sp³-hybridized carbons (Fsp3) is 0.290. The highest BCUT2D eigenvalue weighted by atomic mass is 16.6. The lowest BCUT2D eigenvalue weighted by atomic mass is 9.96. The fourth-order valence-electron chi connectivity index (χ4n) is 4.32. The standard InChI is InChI=1S/C31H34N4O5/c1-19(2)24-16-25(20(3)14-28(24)38-6)30-33-26-11-9-8-10-23(26)31(37)35(30)32-17-21-12-13-22(34(4)5)15-27(21)40-18-29(36)39-7/h8-17,19H,18H2,1-7H3. The second-order valence-corrected chi connectivity index (χ2v) is 9.86. The lowest BCUT2D eigenvalue weighted by Crippen LogP contribution is -2.21. The molecule has 0 spiro atoms. The Morgan fingerprint density at radius 1 is 1.07 bits per heavy atom. The maximum absolute atomic E-state index is 13.8. The van der Waals surface area contributed by atoms with Crippen LogP contribution in [-0.4, -0.2) is 56.8 Å². The van der Waals surface area contributed by atoms with Crippen molar-refractivity contribution in [2.24, 2.45) is 5.10 Å². The van der Waals surface area contributed by atoms with Gasteiger partial charge in [0, 0.05) is 37.0 Å². The van der Waals surface area contributed by atoms with E-state index in [1.54, 1.807) is 25.3 Å². The van der Waals surface area contributed by atoms with Gasteiger partial charge in [-0.2, -0.15) is 9.78 Å². The van der Waals surface area contributed by atoms with Gasteiger partial charge in [-0.15, -0.1) is 0 Å². The normalized spacial score (nSPS) is 11.3. The monoisotopic (exact) mass is 542 g/mol. The average Bonchev–Trinajstić information content (AvgIpc) is 2.95. The Morgan fingerprint density at radius 3 is 2.50 bits per heavy atom. The van der Waals surface area contributed by atoms with Gasteiger partial charge in [-0.1, -0.05) is 26.0 Å². The molecule has 0 aliphatic heterocycles. The van der Waals surface area contributed by atoms with Crippen molar-refractivity contribution in [3.8, 4) is 22.9 Å². The van der Waals surface area contributed by atoms with Gasteiger partial charge in [0.15, 0.2) is 12.4 Å². The zero-order valence-electron chi connectivity index (χ0n) is 23.9. The van der Waals surface area contributed by atoms with Crippen LogP contribution in [0.15, 0.2) is 64.5 Å². The Hall–Kier alpha value is -4.66. The Morgan fingerprint density at radius 2 is 1.82 bits per heavy atom. The van der Waals surface area contributed by atoms with E-state index < -0.39 is 5.97 Å². The molecule has 0 atom stereocenters. The summed E-state index contributed by atoms with van der Waals surface area (Å²) in [6.45, 7) is 5.86. The quantitative estimate of drug-likeness (QED) is 0.217. The Balaban J connectivity index is 1.92. The van der Waals surface area contributed by atoms with Crippen LogP contribution in [0.3, 0.4) is 0 Å². The summed E-state index contributed by atoms with van der Waals surface area (Å²) >= 11 is 0. The second-order valence-electron chi connectivity index (χ2n) is 9.86. The highest BCUT2D eigenvalue weighted by Gasteiger charge is 2.18. The molecule has 0 fully saturated rings. The van der Waals surface area contributed by atoms with E-state index in [-0.39, 0.29) is 18.1 Å². The SMILES string of the molecule is COC(=O)COc1cc(N(C)C)ccc1C=Nn1c(-c2cc(C(C)C)c(OC)cc2C)nc2ccccc2c1=O. The van der Waals surface area contributed by atoms with Gasteiger partial charge in [-0.25, -0.2) is 9.78 Å². The number of methoxy groups -OCH3 is 2. The third-order valence-corrected chi connectivity index (χ3v) is 6.59. The predicted octanol–water partition coefficient (Wildman–Crippen LogP) is 5.00. The molecule has 208 valence electrons. The van der Waals surface area contributed by atoms with Crippen LogP contribution in [0.5, 0.6) is 11.5 Å². The molecule has 4 aromatic rings. The van der Waals surface area contributed by atoms with Gasteiger partial charge in [0.25, 0.3) is 5.56 Å². The van der Waals surface area contributed by atoms with Crippen LogP contribution >= 0.6 is 0 Å². The molecule has 0 aliphatic rings. The highest BCUT2D eigenvalue weighted by Crippen LogP contribution is 2.34. The Kier molecular flexibility index (Phi) is 8.52. The Labute approximate surface area is 233 Å². The third kappa shape index (κ3) is 5.83. The van der Waals surface area contributed by atoms with Crippen molar-refractivity contribution in [2.75, 3.05) is 39.8 Å². The van der Waals surface area contributed by atoms with Crippen molar-refractivity contribution in [3.63, 3.8) is 0 Å². The van der Waals surface area contributed by atoms with Crippen LogP contribution in [0.1, 0.15) is 36.5 Å². The summed E-state index contributed by atoms with van der Waals surface area (Å²) < 4.78 is 17.4. The van der Waals surface area contributed by atoms with Crippen molar-refractivity contribution < 1.29 is 19.0 Å². The Bertz CT molecular complexity index is 1640. The van der Waals surface area contributed by atoms with Gasteiger partial charge < -0.3 is 19.1 Å². The number of rotatable bonds is 9. The number of ether oxygens (including phenoxy) is 3. The number of benzene rings is 3. The molecular formula is C31H34N4O5. The minimum Gasteiger partial charge on any atom is -0.496 e. The van der Waals surface area contributed by atoms with Crippen molar-refractivity contribution in [1.29, 1.82) is 0 Å². The molecule has 9 heteroatoms. The largest absolute Gasteiger partial charge is 0.496 e. The van der Waals surface area contributed by atoms with E-state index in [1.807, 2.05) is 62.3 Å². The van der Waals surface area contributed by atoms with Gasteiger partial charge in [0.1, 0.15) is 11.5 Å². The number of aromatic nitrogens is 2. The molecular weight excluding hydrogens is 508 g/mol. The number of para-hydroxylation sites is 1. The molecule has 0 aliphatic carbocycles. The fourth-order valence-corrected chi connectivity index (χ4v) is 4.32. The third-order valence-electron chi connectivity index (χ3n) is 6.59. The van der Waals surface area contributed by atoms with Crippen LogP contribution in [0.2, 0.25) is 0 Å². The zero-order valence-corrected chi connectivity index (χ0v) is 23.9. The van der Waals surface area contributed by atoms with E-state index >= 15 is 0 Å². The van der Waals surface area contributed by atoms with E-state index in [9.17, 15) is 9.59 Å². The molecule has 3 aromatic carbocycles. The predicted molar refractivity (Wildman–Crippen MR) is 158 cm³/mol. The van der Waals surface area contributed by atoms with E-state index in [1.165, 1.54) is 18.0 Å². The van der Waals surface area contributed by atoms with Crippen molar-refractivity contribution >= 4 is 28.8 Å². The van der Waals surface area contributed by atoms with Gasteiger partial charge in [0.2, 0.25) is 0 Å². The molecule has 0 saturated carbocycles. The lowest BCUT2D eigenvalue weighted by molar-refractivity contribution is -0.142. The second kappa shape index (κ2) is 12.0. The minimum atomic E-state index is -0.508. The summed E-state index contributed by atoms with van der Waals surface area (Å²) in [7, 11) is 6.76. The average molecular weight is 543 g/mol. The number of esters is 1. The van der Waals surface area contributed by atoms with Crippen LogP contribution in [0.25, 0.3) is 22.3 Å². The maximum Gasteiger partial charge on any atom is 0.343 e. The highest BCUT2D eigenvalue weighted by molar-refractivity contribution is 5.86. The number of carbonyl (C=O) groups excluding carboxylic acids is 1. The first-order valence-electron chi connectivity index (χ1n) is 12.9. The first kappa shape index (κ1) is 28.4. The number of hydrogen-bond acceptors (Lipinski definition) is 8. The van der Waals surface area contributed by atoms with E-state index in [4.69, 9.17) is 19.2 Å². The van der Waals surface area contributed by atoms with Crippen molar-refractivity contribution in [2.45, 2.75) is 26.7 Å². The summed E-state index contributed by atoms with van der Waals surface area (Å²) in [4.78, 5) is 32.3. The molecule has 40 heavy (non-hydrogen) atoms. The van der Waals surface area contributed by atoms with Crippen molar-refractivity contribution in [3.05, 3.63) is 81.6 Å². The first-order chi connectivity index (χ1) is 19.1. The molecule has 0 radical (unpaired) electrons. The number of fused-ring (bicyclic) bond motifs is 1.